The van der Waals surface area contributed by atoms with Crippen molar-refractivity contribution in [1.29, 1.82) is 0 Å². The van der Waals surface area contributed by atoms with E-state index in [0.717, 1.165) is 6.42 Å². The first kappa shape index (κ1) is 20.9. The molecule has 0 heterocycles. The molecular weight excluding hydrogens is 272 g/mol. The topological polar surface area (TPSA) is 37.3 Å². The normalized spacial score (nSPS) is 11.7. The van der Waals surface area contributed by atoms with Gasteiger partial charge in [-0.2, -0.15) is 0 Å². The van der Waals surface area contributed by atoms with Crippen molar-refractivity contribution in [1.82, 2.24) is 0 Å². The molecule has 0 amide bonds. The molecule has 0 fully saturated rings. The Balaban J connectivity index is 3.15. The lowest BCUT2D eigenvalue weighted by atomic mass is 10.1. The number of hydrogen-bond acceptors (Lipinski definition) is 1. The van der Waals surface area contributed by atoms with Crippen molar-refractivity contribution in [2.24, 2.45) is 0 Å². The van der Waals surface area contributed by atoms with Crippen LogP contribution in [0, 0.1) is 0 Å². The number of carboxylic acids is 1. The molecule has 0 atom stereocenters. The molecule has 0 aliphatic heterocycles. The quantitative estimate of drug-likeness (QED) is 0.255. The molecule has 0 saturated carbocycles. The summed E-state index contributed by atoms with van der Waals surface area (Å²) in [7, 11) is 0. The summed E-state index contributed by atoms with van der Waals surface area (Å²) in [5.74, 6) is -0.711. The van der Waals surface area contributed by atoms with Crippen LogP contribution in [0.25, 0.3) is 0 Å². The van der Waals surface area contributed by atoms with Crippen LogP contribution in [0.15, 0.2) is 24.3 Å². The average molecular weight is 309 g/mol. The van der Waals surface area contributed by atoms with Crippen LogP contribution in [0.5, 0.6) is 0 Å². The molecule has 128 valence electrons. The van der Waals surface area contributed by atoms with Gasteiger partial charge in [-0.1, -0.05) is 69.8 Å². The standard InChI is InChI=1S/C20H36O2/c1-2-3-4-5-6-7-8-9-10-11-12-13-14-15-16-17-18-19-20(21)22/h9-10,16-17H,2-8,11-15,18-19H2,1H3,(H,21,22)/b10-9+,17-16+. The van der Waals surface area contributed by atoms with Gasteiger partial charge >= 0.3 is 5.97 Å². The van der Waals surface area contributed by atoms with Crippen molar-refractivity contribution >= 4 is 5.97 Å². The maximum atomic E-state index is 10.3. The monoisotopic (exact) mass is 308 g/mol. The zero-order valence-electron chi connectivity index (χ0n) is 14.6. The summed E-state index contributed by atoms with van der Waals surface area (Å²) in [6.07, 6.45) is 25.3. The molecule has 22 heavy (non-hydrogen) atoms. The summed E-state index contributed by atoms with van der Waals surface area (Å²) in [5, 5.41) is 8.50. The minimum atomic E-state index is -0.711. The van der Waals surface area contributed by atoms with Gasteiger partial charge in [0, 0.05) is 6.42 Å². The van der Waals surface area contributed by atoms with E-state index in [2.05, 4.69) is 25.2 Å². The highest BCUT2D eigenvalue weighted by molar-refractivity contribution is 5.66. The highest BCUT2D eigenvalue weighted by Gasteiger charge is 1.92. The minimum Gasteiger partial charge on any atom is -0.481 e. The molecule has 0 aromatic rings. The number of aliphatic carboxylic acids is 1. The van der Waals surface area contributed by atoms with Crippen molar-refractivity contribution in [2.45, 2.75) is 96.8 Å². The number of carboxylic acid groups (broad SMARTS) is 1. The Kier molecular flexibility index (Phi) is 17.1. The van der Waals surface area contributed by atoms with E-state index in [1.54, 1.807) is 0 Å². The lowest BCUT2D eigenvalue weighted by molar-refractivity contribution is -0.136. The molecule has 0 rings (SSSR count). The summed E-state index contributed by atoms with van der Waals surface area (Å²) in [4.78, 5) is 10.3. The fraction of sp³-hybridized carbons (Fsp3) is 0.750. The predicted molar refractivity (Wildman–Crippen MR) is 96.2 cm³/mol. The van der Waals surface area contributed by atoms with Crippen LogP contribution < -0.4 is 0 Å². The molecule has 0 aliphatic rings. The number of rotatable bonds is 16. The Morgan fingerprint density at radius 3 is 1.59 bits per heavy atom. The number of hydrogen-bond donors (Lipinski definition) is 1. The zero-order valence-corrected chi connectivity index (χ0v) is 14.6. The summed E-state index contributed by atoms with van der Waals surface area (Å²) < 4.78 is 0. The molecule has 0 spiro atoms. The van der Waals surface area contributed by atoms with Gasteiger partial charge in [-0.3, -0.25) is 4.79 Å². The van der Waals surface area contributed by atoms with E-state index in [0.29, 0.717) is 6.42 Å². The lowest BCUT2D eigenvalue weighted by Crippen LogP contribution is -1.91. The van der Waals surface area contributed by atoms with Gasteiger partial charge in [0.1, 0.15) is 0 Å². The molecule has 2 nitrogen and oxygen atoms in total. The van der Waals surface area contributed by atoms with Crippen molar-refractivity contribution in [3.8, 4) is 0 Å². The second-order valence-electron chi connectivity index (χ2n) is 6.07. The van der Waals surface area contributed by atoms with E-state index in [-0.39, 0.29) is 6.42 Å². The van der Waals surface area contributed by atoms with Gasteiger partial charge in [0.05, 0.1) is 0 Å². The van der Waals surface area contributed by atoms with Crippen LogP contribution >= 0.6 is 0 Å². The summed E-state index contributed by atoms with van der Waals surface area (Å²) >= 11 is 0. The first-order valence-electron chi connectivity index (χ1n) is 9.29. The van der Waals surface area contributed by atoms with Crippen LogP contribution in [0.1, 0.15) is 96.8 Å². The molecule has 0 bridgehead atoms. The smallest absolute Gasteiger partial charge is 0.303 e. The SMILES string of the molecule is CCCCCCCC/C=C/CCCCC/C=C/CCC(=O)O. The van der Waals surface area contributed by atoms with Gasteiger partial charge < -0.3 is 5.11 Å². The molecule has 2 heteroatoms. The summed E-state index contributed by atoms with van der Waals surface area (Å²) in [5.41, 5.74) is 0. The Morgan fingerprint density at radius 1 is 0.682 bits per heavy atom. The maximum Gasteiger partial charge on any atom is 0.303 e. The van der Waals surface area contributed by atoms with E-state index in [9.17, 15) is 4.79 Å². The van der Waals surface area contributed by atoms with Crippen molar-refractivity contribution in [3.05, 3.63) is 24.3 Å². The Bertz CT molecular complexity index is 292. The van der Waals surface area contributed by atoms with Gasteiger partial charge in [-0.05, 0) is 44.9 Å². The minimum absolute atomic E-state index is 0.250. The first-order valence-corrected chi connectivity index (χ1v) is 9.29. The predicted octanol–water partition coefficient (Wildman–Crippen LogP) is 6.66. The highest BCUT2D eigenvalue weighted by Crippen LogP contribution is 2.09. The van der Waals surface area contributed by atoms with Gasteiger partial charge in [-0.15, -0.1) is 0 Å². The zero-order chi connectivity index (χ0) is 16.3. The van der Waals surface area contributed by atoms with Gasteiger partial charge in [0.2, 0.25) is 0 Å². The van der Waals surface area contributed by atoms with Crippen LogP contribution in [0.3, 0.4) is 0 Å². The first-order chi connectivity index (χ1) is 10.8. The fourth-order valence-electron chi connectivity index (χ4n) is 2.42. The second-order valence-corrected chi connectivity index (χ2v) is 6.07. The second kappa shape index (κ2) is 18.0. The highest BCUT2D eigenvalue weighted by atomic mass is 16.4. The van der Waals surface area contributed by atoms with Crippen LogP contribution in [0.2, 0.25) is 0 Å². The Labute approximate surface area is 137 Å². The maximum absolute atomic E-state index is 10.3. The molecule has 0 aromatic heterocycles. The fourth-order valence-corrected chi connectivity index (χ4v) is 2.42. The Hall–Kier alpha value is -1.05. The van der Waals surface area contributed by atoms with Crippen LogP contribution in [-0.4, -0.2) is 11.1 Å². The third-order valence-corrected chi connectivity index (χ3v) is 3.82. The number of allylic oxidation sites excluding steroid dienone is 4. The van der Waals surface area contributed by atoms with Gasteiger partial charge in [0.25, 0.3) is 0 Å². The number of unbranched alkanes of at least 4 members (excludes halogenated alkanes) is 10. The van der Waals surface area contributed by atoms with Crippen molar-refractivity contribution in [2.75, 3.05) is 0 Å². The van der Waals surface area contributed by atoms with E-state index >= 15 is 0 Å². The van der Waals surface area contributed by atoms with Crippen LogP contribution in [-0.2, 0) is 4.79 Å². The van der Waals surface area contributed by atoms with Crippen molar-refractivity contribution < 1.29 is 9.90 Å². The van der Waals surface area contributed by atoms with E-state index < -0.39 is 5.97 Å². The molecular formula is C20H36O2. The molecule has 0 unspecified atom stereocenters. The third-order valence-electron chi connectivity index (χ3n) is 3.82. The lowest BCUT2D eigenvalue weighted by Gasteiger charge is -1.98. The summed E-state index contributed by atoms with van der Waals surface area (Å²) in [6.45, 7) is 2.26. The number of carbonyl (C=O) groups is 1. The molecule has 1 N–H and O–H groups in total. The summed E-state index contributed by atoms with van der Waals surface area (Å²) in [6, 6.07) is 0. The van der Waals surface area contributed by atoms with E-state index in [4.69, 9.17) is 5.11 Å². The van der Waals surface area contributed by atoms with E-state index in [1.165, 1.54) is 70.6 Å². The molecule has 0 saturated heterocycles. The van der Waals surface area contributed by atoms with Crippen LogP contribution in [0.4, 0.5) is 0 Å². The van der Waals surface area contributed by atoms with Crippen molar-refractivity contribution in [3.63, 3.8) is 0 Å². The molecule has 0 aromatic carbocycles. The molecule has 0 aliphatic carbocycles. The van der Waals surface area contributed by atoms with Gasteiger partial charge in [0.15, 0.2) is 0 Å². The third kappa shape index (κ3) is 18.9. The van der Waals surface area contributed by atoms with E-state index in [1.807, 2.05) is 6.08 Å². The average Bonchev–Trinajstić information content (AvgIpc) is 2.50. The largest absolute Gasteiger partial charge is 0.481 e. The molecule has 0 radical (unpaired) electrons. The Morgan fingerprint density at radius 2 is 1.09 bits per heavy atom. The van der Waals surface area contributed by atoms with Gasteiger partial charge in [-0.25, -0.2) is 0 Å².